The Morgan fingerprint density at radius 1 is 0.739 bits per heavy atom. The van der Waals surface area contributed by atoms with E-state index in [1.165, 1.54) is 0 Å². The Morgan fingerprint density at radius 2 is 1.09 bits per heavy atom. The predicted octanol–water partition coefficient (Wildman–Crippen LogP) is 5.22. The quantitative estimate of drug-likeness (QED) is 0.806. The number of rotatable bonds is 2. The van der Waals surface area contributed by atoms with Gasteiger partial charge < -0.3 is 5.32 Å². The van der Waals surface area contributed by atoms with Crippen LogP contribution in [-0.2, 0) is 4.79 Å². The van der Waals surface area contributed by atoms with Gasteiger partial charge in [-0.3, -0.25) is 4.79 Å². The molecular weight excluding hydrogens is 329 g/mol. The molecule has 0 bridgehead atoms. The van der Waals surface area contributed by atoms with E-state index < -0.39 is 0 Å². The number of halogens is 2. The number of carbonyl (C=O) groups excluding carboxylic acids is 1. The van der Waals surface area contributed by atoms with Crippen molar-refractivity contribution >= 4 is 29.0 Å². The molecule has 0 radical (unpaired) electrons. The number of hydrogen-bond donors (Lipinski definition) is 1. The summed E-state index contributed by atoms with van der Waals surface area (Å²) in [7, 11) is 0. The smallest absolute Gasteiger partial charge is 0.142 e. The fourth-order valence-corrected chi connectivity index (χ4v) is 3.59. The predicted molar refractivity (Wildman–Crippen MR) is 94.9 cm³/mol. The summed E-state index contributed by atoms with van der Waals surface area (Å²) in [5.74, 6) is 0.133. The van der Waals surface area contributed by atoms with Crippen LogP contribution in [0.25, 0.3) is 0 Å². The zero-order chi connectivity index (χ0) is 16.6. The first-order valence-electron chi connectivity index (χ1n) is 7.78. The molecule has 1 fully saturated rings. The van der Waals surface area contributed by atoms with E-state index in [0.29, 0.717) is 10.0 Å². The Kier molecular flexibility index (Phi) is 4.77. The molecule has 0 aliphatic carbocycles. The van der Waals surface area contributed by atoms with Gasteiger partial charge in [0.2, 0.25) is 0 Å². The summed E-state index contributed by atoms with van der Waals surface area (Å²) < 4.78 is 0. The Balaban J connectivity index is 1.94. The zero-order valence-electron chi connectivity index (χ0n) is 13.1. The minimum atomic E-state index is -0.0743. The Bertz CT molecular complexity index is 637. The monoisotopic (exact) mass is 347 g/mol. The zero-order valence-corrected chi connectivity index (χ0v) is 14.6. The summed E-state index contributed by atoms with van der Waals surface area (Å²) in [6.45, 7) is 3.98. The van der Waals surface area contributed by atoms with Crippen molar-refractivity contribution in [3.8, 4) is 0 Å². The highest BCUT2D eigenvalue weighted by molar-refractivity contribution is 6.30. The molecule has 1 N–H and O–H groups in total. The fraction of sp³-hybridized carbons (Fsp3) is 0.316. The first kappa shape index (κ1) is 16.5. The number of nitrogens with one attached hydrogen (secondary N) is 1. The SMILES string of the molecule is C[C@@H]1C(=O)[C@H](C)[C@H](c2ccc(Cl)cc2)N[C@H]1c1ccc(Cl)cc1. The second-order valence-electron chi connectivity index (χ2n) is 6.20. The maximum Gasteiger partial charge on any atom is 0.142 e. The van der Waals surface area contributed by atoms with Crippen molar-refractivity contribution in [2.24, 2.45) is 11.8 Å². The van der Waals surface area contributed by atoms with Gasteiger partial charge in [-0.1, -0.05) is 61.3 Å². The molecule has 2 nitrogen and oxygen atoms in total. The van der Waals surface area contributed by atoms with E-state index in [0.717, 1.165) is 11.1 Å². The van der Waals surface area contributed by atoms with E-state index in [-0.39, 0.29) is 29.7 Å². The molecular formula is C19H19Cl2NO. The minimum Gasteiger partial charge on any atom is -0.302 e. The van der Waals surface area contributed by atoms with Gasteiger partial charge in [-0.05, 0) is 35.4 Å². The van der Waals surface area contributed by atoms with Gasteiger partial charge in [0, 0.05) is 34.0 Å². The van der Waals surface area contributed by atoms with Crippen LogP contribution < -0.4 is 5.32 Å². The lowest BCUT2D eigenvalue weighted by atomic mass is 9.76. The first-order valence-corrected chi connectivity index (χ1v) is 8.53. The topological polar surface area (TPSA) is 29.1 Å². The van der Waals surface area contributed by atoms with Crippen molar-refractivity contribution in [2.45, 2.75) is 25.9 Å². The van der Waals surface area contributed by atoms with Gasteiger partial charge in [0.15, 0.2) is 0 Å². The molecule has 3 rings (SSSR count). The van der Waals surface area contributed by atoms with Crippen LogP contribution in [0, 0.1) is 11.8 Å². The lowest BCUT2D eigenvalue weighted by Gasteiger charge is -2.39. The van der Waals surface area contributed by atoms with Gasteiger partial charge >= 0.3 is 0 Å². The number of ketones is 1. The molecule has 0 saturated carbocycles. The summed E-state index contributed by atoms with van der Waals surface area (Å²) in [5, 5.41) is 5.05. The highest BCUT2D eigenvalue weighted by atomic mass is 35.5. The van der Waals surface area contributed by atoms with Crippen LogP contribution in [-0.4, -0.2) is 5.78 Å². The molecule has 4 atom stereocenters. The number of carbonyl (C=O) groups is 1. The van der Waals surface area contributed by atoms with Crippen LogP contribution in [0.3, 0.4) is 0 Å². The maximum atomic E-state index is 12.7. The molecule has 4 heteroatoms. The molecule has 120 valence electrons. The number of benzene rings is 2. The van der Waals surface area contributed by atoms with Crippen molar-refractivity contribution < 1.29 is 4.79 Å². The fourth-order valence-electron chi connectivity index (χ4n) is 3.34. The second kappa shape index (κ2) is 6.64. The summed E-state index contributed by atoms with van der Waals surface area (Å²) in [4.78, 5) is 12.7. The summed E-state index contributed by atoms with van der Waals surface area (Å²) in [6, 6.07) is 15.4. The molecule has 2 aromatic carbocycles. The van der Waals surface area contributed by atoms with E-state index >= 15 is 0 Å². The first-order chi connectivity index (χ1) is 11.0. The highest BCUT2D eigenvalue weighted by Gasteiger charge is 2.40. The number of piperidine rings is 1. The molecule has 1 aliphatic heterocycles. The molecule has 1 aliphatic rings. The number of Topliss-reactive ketones (excluding diaryl/α,β-unsaturated/α-hetero) is 1. The van der Waals surface area contributed by atoms with Crippen molar-refractivity contribution in [3.05, 3.63) is 69.7 Å². The van der Waals surface area contributed by atoms with Gasteiger partial charge in [0.25, 0.3) is 0 Å². The van der Waals surface area contributed by atoms with E-state index in [2.05, 4.69) is 5.32 Å². The van der Waals surface area contributed by atoms with E-state index in [1.54, 1.807) is 0 Å². The molecule has 2 aromatic rings. The van der Waals surface area contributed by atoms with Crippen LogP contribution in [0.4, 0.5) is 0 Å². The van der Waals surface area contributed by atoms with Gasteiger partial charge in [-0.15, -0.1) is 0 Å². The van der Waals surface area contributed by atoms with Gasteiger partial charge in [-0.2, -0.15) is 0 Å². The second-order valence-corrected chi connectivity index (χ2v) is 7.08. The number of hydrogen-bond acceptors (Lipinski definition) is 2. The summed E-state index contributed by atoms with van der Waals surface area (Å²) in [5.41, 5.74) is 2.17. The third-order valence-electron chi connectivity index (χ3n) is 4.71. The Morgan fingerprint density at radius 3 is 1.43 bits per heavy atom. The van der Waals surface area contributed by atoms with Crippen molar-refractivity contribution in [3.63, 3.8) is 0 Å². The van der Waals surface area contributed by atoms with Crippen LogP contribution in [0.1, 0.15) is 37.1 Å². The third-order valence-corrected chi connectivity index (χ3v) is 5.22. The molecule has 0 unspecified atom stereocenters. The summed E-state index contributed by atoms with van der Waals surface area (Å²) >= 11 is 12.0. The van der Waals surface area contributed by atoms with Gasteiger partial charge in [0.1, 0.15) is 5.78 Å². The van der Waals surface area contributed by atoms with Gasteiger partial charge in [-0.25, -0.2) is 0 Å². The van der Waals surface area contributed by atoms with Crippen LogP contribution >= 0.6 is 23.2 Å². The largest absolute Gasteiger partial charge is 0.302 e. The third kappa shape index (κ3) is 3.30. The van der Waals surface area contributed by atoms with Crippen molar-refractivity contribution in [2.75, 3.05) is 0 Å². The van der Waals surface area contributed by atoms with Crippen molar-refractivity contribution in [1.82, 2.24) is 5.32 Å². The highest BCUT2D eigenvalue weighted by Crippen LogP contribution is 2.38. The standard InChI is InChI=1S/C19H19Cl2NO/c1-11-17(13-3-7-15(20)8-4-13)22-18(12(2)19(11)23)14-5-9-16(21)10-6-14/h3-12,17-18,22H,1-2H3/t11-,12+,17-,18-/m1/s1. The molecule has 0 spiro atoms. The summed E-state index contributed by atoms with van der Waals surface area (Å²) in [6.07, 6.45) is 0. The average molecular weight is 348 g/mol. The molecule has 1 heterocycles. The van der Waals surface area contributed by atoms with Crippen molar-refractivity contribution in [1.29, 1.82) is 0 Å². The van der Waals surface area contributed by atoms with Crippen LogP contribution in [0.15, 0.2) is 48.5 Å². The molecule has 0 amide bonds. The lowest BCUT2D eigenvalue weighted by Crippen LogP contribution is -2.46. The normalized spacial score (nSPS) is 27.9. The Labute approximate surface area is 146 Å². The maximum absolute atomic E-state index is 12.7. The lowest BCUT2D eigenvalue weighted by molar-refractivity contribution is -0.130. The van der Waals surface area contributed by atoms with Crippen LogP contribution in [0.5, 0.6) is 0 Å². The van der Waals surface area contributed by atoms with E-state index in [1.807, 2.05) is 62.4 Å². The average Bonchev–Trinajstić information content (AvgIpc) is 2.55. The molecule has 23 heavy (non-hydrogen) atoms. The van der Waals surface area contributed by atoms with Crippen LogP contribution in [0.2, 0.25) is 10.0 Å². The van der Waals surface area contributed by atoms with Gasteiger partial charge in [0.05, 0.1) is 0 Å². The molecule has 0 aromatic heterocycles. The minimum absolute atomic E-state index is 0.0170. The van der Waals surface area contributed by atoms with E-state index in [4.69, 9.17) is 23.2 Å². The molecule has 1 saturated heterocycles. The van der Waals surface area contributed by atoms with E-state index in [9.17, 15) is 4.79 Å². The Hall–Kier alpha value is -1.35.